The van der Waals surface area contributed by atoms with Crippen molar-refractivity contribution in [2.75, 3.05) is 31.2 Å². The summed E-state index contributed by atoms with van der Waals surface area (Å²) in [6, 6.07) is 15.4. The molecule has 31 heavy (non-hydrogen) atoms. The molecule has 0 bridgehead atoms. The van der Waals surface area contributed by atoms with Gasteiger partial charge in [0.2, 0.25) is 5.91 Å². The lowest BCUT2D eigenvalue weighted by Crippen LogP contribution is -2.33. The average Bonchev–Trinajstić information content (AvgIpc) is 2.71. The third kappa shape index (κ3) is 8.70. The van der Waals surface area contributed by atoms with Crippen molar-refractivity contribution in [2.24, 2.45) is 0 Å². The minimum Gasteiger partial charge on any atom is -0.343 e. The number of nitrogens with zero attached hydrogens (tertiary/aromatic N) is 2. The molecule has 0 saturated carbocycles. The fraction of sp³-hybridized carbons (Fsp3) is 0.286. The lowest BCUT2D eigenvalue weighted by molar-refractivity contribution is -0.123. The Labute approximate surface area is 182 Å². The lowest BCUT2D eigenvalue weighted by atomic mass is 10.1. The van der Waals surface area contributed by atoms with Crippen molar-refractivity contribution in [3.63, 3.8) is 0 Å². The van der Waals surface area contributed by atoms with E-state index in [1.165, 1.54) is 23.9 Å². The van der Waals surface area contributed by atoms with Crippen LogP contribution in [-0.4, -0.2) is 48.8 Å². The van der Waals surface area contributed by atoms with Crippen molar-refractivity contribution in [1.82, 2.24) is 10.2 Å². The van der Waals surface area contributed by atoms with Gasteiger partial charge in [-0.05, 0) is 36.9 Å². The Hall–Kier alpha value is -3.03. The number of carbonyl (C=O) groups is 2. The van der Waals surface area contributed by atoms with Crippen LogP contribution in [0.3, 0.4) is 0 Å². The molecule has 0 radical (unpaired) electrons. The maximum Gasteiger partial charge on any atom is 0.405 e. The van der Waals surface area contributed by atoms with E-state index in [9.17, 15) is 22.8 Å². The van der Waals surface area contributed by atoms with Crippen LogP contribution in [0.5, 0.6) is 0 Å². The van der Waals surface area contributed by atoms with Gasteiger partial charge in [-0.3, -0.25) is 14.5 Å². The predicted molar refractivity (Wildman–Crippen MR) is 113 cm³/mol. The molecule has 2 aromatic carbocycles. The van der Waals surface area contributed by atoms with Gasteiger partial charge >= 0.3 is 6.18 Å². The molecule has 10 heteroatoms. The molecule has 0 unspecified atom stereocenters. The van der Waals surface area contributed by atoms with Crippen molar-refractivity contribution >= 4 is 29.3 Å². The van der Waals surface area contributed by atoms with Gasteiger partial charge in [0.15, 0.2) is 0 Å². The maximum absolute atomic E-state index is 12.4. The number of para-hydroxylation sites is 1. The van der Waals surface area contributed by atoms with Gasteiger partial charge in [0.1, 0.15) is 6.54 Å². The van der Waals surface area contributed by atoms with Crippen LogP contribution in [0.2, 0.25) is 0 Å². The normalized spacial score (nSPS) is 11.1. The fourth-order valence-corrected chi connectivity index (χ4v) is 3.32. The summed E-state index contributed by atoms with van der Waals surface area (Å²) < 4.78 is 36.6. The minimum absolute atomic E-state index is 0.102. The van der Waals surface area contributed by atoms with Gasteiger partial charge in [0, 0.05) is 17.0 Å². The monoisotopic (exact) mass is 450 g/mol. The summed E-state index contributed by atoms with van der Waals surface area (Å²) in [6.45, 7) is -0.878. The van der Waals surface area contributed by atoms with E-state index in [0.717, 1.165) is 10.5 Å². The van der Waals surface area contributed by atoms with Crippen LogP contribution in [0, 0.1) is 11.3 Å². The zero-order chi connectivity index (χ0) is 22.9. The highest BCUT2D eigenvalue weighted by Gasteiger charge is 2.27. The number of carbonyl (C=O) groups excluding carboxylic acids is 2. The highest BCUT2D eigenvalue weighted by atomic mass is 32.2. The molecule has 0 aliphatic rings. The molecule has 164 valence electrons. The SMILES string of the molecule is CN(CC(=O)Nc1ccccc1SCC#N)Cc1ccc(C(=O)NCC(F)(F)F)cc1. The van der Waals surface area contributed by atoms with Gasteiger partial charge in [-0.1, -0.05) is 24.3 Å². The van der Waals surface area contributed by atoms with Crippen LogP contribution in [0.15, 0.2) is 53.4 Å². The van der Waals surface area contributed by atoms with Crippen LogP contribution < -0.4 is 10.6 Å². The quantitative estimate of drug-likeness (QED) is 0.570. The van der Waals surface area contributed by atoms with E-state index in [-0.39, 0.29) is 23.8 Å². The molecule has 2 aromatic rings. The van der Waals surface area contributed by atoms with Crippen molar-refractivity contribution < 1.29 is 22.8 Å². The summed E-state index contributed by atoms with van der Waals surface area (Å²) in [6.07, 6.45) is -4.46. The molecular formula is C21H21F3N4O2S. The molecule has 0 saturated heterocycles. The number of likely N-dealkylation sites (N-methyl/N-ethyl adjacent to an activating group) is 1. The first-order valence-electron chi connectivity index (χ1n) is 9.19. The molecule has 0 spiro atoms. The Morgan fingerprint density at radius 1 is 1.13 bits per heavy atom. The number of rotatable bonds is 9. The standard InChI is InChI=1S/C21H21F3N4O2S/c1-28(13-19(29)27-17-4-2-3-5-18(17)31-11-10-25)12-15-6-8-16(9-7-15)20(30)26-14-21(22,23)24/h2-9H,11-14H2,1H3,(H,26,30)(H,27,29). The number of thioether (sulfide) groups is 1. The molecule has 0 aliphatic heterocycles. The number of amides is 2. The highest BCUT2D eigenvalue weighted by molar-refractivity contribution is 7.99. The zero-order valence-corrected chi connectivity index (χ0v) is 17.5. The van der Waals surface area contributed by atoms with Crippen LogP contribution in [0.25, 0.3) is 0 Å². The van der Waals surface area contributed by atoms with Gasteiger partial charge < -0.3 is 10.6 Å². The summed E-state index contributed by atoms with van der Waals surface area (Å²) in [5, 5.41) is 13.4. The highest BCUT2D eigenvalue weighted by Crippen LogP contribution is 2.26. The first kappa shape index (κ1) is 24.2. The number of nitriles is 1. The number of nitrogens with one attached hydrogen (secondary N) is 2. The number of hydrogen-bond donors (Lipinski definition) is 2. The summed E-state index contributed by atoms with van der Waals surface area (Å²) in [4.78, 5) is 26.7. The van der Waals surface area contributed by atoms with E-state index in [0.29, 0.717) is 12.2 Å². The molecule has 2 amide bonds. The average molecular weight is 450 g/mol. The summed E-state index contributed by atoms with van der Waals surface area (Å²) in [5.74, 6) is -0.753. The second-order valence-electron chi connectivity index (χ2n) is 6.66. The van der Waals surface area contributed by atoms with Gasteiger partial charge in [0.05, 0.1) is 24.1 Å². The van der Waals surface area contributed by atoms with Gasteiger partial charge in [-0.25, -0.2) is 0 Å². The first-order chi connectivity index (χ1) is 14.7. The second kappa shape index (κ2) is 11.4. The van der Waals surface area contributed by atoms with Crippen molar-refractivity contribution in [1.29, 1.82) is 5.26 Å². The largest absolute Gasteiger partial charge is 0.405 e. The molecule has 0 heterocycles. The van der Waals surface area contributed by atoms with Crippen molar-refractivity contribution in [3.05, 3.63) is 59.7 Å². The topological polar surface area (TPSA) is 85.2 Å². The van der Waals surface area contributed by atoms with E-state index in [2.05, 4.69) is 5.32 Å². The van der Waals surface area contributed by atoms with Crippen LogP contribution >= 0.6 is 11.8 Å². The predicted octanol–water partition coefficient (Wildman–Crippen LogP) is 3.66. The Morgan fingerprint density at radius 2 is 1.81 bits per heavy atom. The van der Waals surface area contributed by atoms with E-state index < -0.39 is 18.6 Å². The maximum atomic E-state index is 12.4. The number of hydrogen-bond acceptors (Lipinski definition) is 5. The molecule has 0 atom stereocenters. The summed E-state index contributed by atoms with van der Waals surface area (Å²) in [5.41, 5.74) is 1.56. The summed E-state index contributed by atoms with van der Waals surface area (Å²) in [7, 11) is 1.75. The molecule has 0 aliphatic carbocycles. The first-order valence-corrected chi connectivity index (χ1v) is 10.2. The number of alkyl halides is 3. The van der Waals surface area contributed by atoms with E-state index in [4.69, 9.17) is 5.26 Å². The lowest BCUT2D eigenvalue weighted by Gasteiger charge is -2.17. The minimum atomic E-state index is -4.46. The van der Waals surface area contributed by atoms with Gasteiger partial charge in [-0.15, -0.1) is 11.8 Å². The van der Waals surface area contributed by atoms with Crippen LogP contribution in [0.1, 0.15) is 15.9 Å². The molecule has 0 aromatic heterocycles. The molecule has 2 rings (SSSR count). The Bertz CT molecular complexity index is 943. The van der Waals surface area contributed by atoms with Crippen LogP contribution in [-0.2, 0) is 11.3 Å². The second-order valence-corrected chi connectivity index (χ2v) is 7.68. The molecular weight excluding hydrogens is 429 g/mol. The van der Waals surface area contributed by atoms with Gasteiger partial charge in [-0.2, -0.15) is 18.4 Å². The molecule has 6 nitrogen and oxygen atoms in total. The van der Waals surface area contributed by atoms with Gasteiger partial charge in [0.25, 0.3) is 5.91 Å². The number of halogens is 3. The smallest absolute Gasteiger partial charge is 0.343 e. The molecule has 0 fully saturated rings. The van der Waals surface area contributed by atoms with E-state index >= 15 is 0 Å². The Kier molecular flexibility index (Phi) is 8.90. The zero-order valence-electron chi connectivity index (χ0n) is 16.7. The van der Waals surface area contributed by atoms with E-state index in [1.54, 1.807) is 36.2 Å². The third-order valence-electron chi connectivity index (χ3n) is 3.98. The van der Waals surface area contributed by atoms with Crippen molar-refractivity contribution in [2.45, 2.75) is 17.6 Å². The Morgan fingerprint density at radius 3 is 2.45 bits per heavy atom. The number of benzene rings is 2. The third-order valence-corrected chi connectivity index (χ3v) is 4.93. The molecule has 2 N–H and O–H groups in total. The van der Waals surface area contributed by atoms with Crippen LogP contribution in [0.4, 0.5) is 18.9 Å². The number of anilines is 1. The van der Waals surface area contributed by atoms with Crippen molar-refractivity contribution in [3.8, 4) is 6.07 Å². The fourth-order valence-electron chi connectivity index (χ4n) is 2.65. The Balaban J connectivity index is 1.87. The summed E-state index contributed by atoms with van der Waals surface area (Å²) >= 11 is 1.33. The van der Waals surface area contributed by atoms with E-state index in [1.807, 2.05) is 23.5 Å².